The first-order valence-corrected chi connectivity index (χ1v) is 13.0. The van der Waals surface area contributed by atoms with Crippen molar-refractivity contribution < 1.29 is 4.79 Å². The molecule has 0 aliphatic carbocycles. The van der Waals surface area contributed by atoms with Crippen LogP contribution in [0, 0.1) is 6.92 Å². The van der Waals surface area contributed by atoms with Crippen LogP contribution in [-0.2, 0) is 14.1 Å². The molecule has 4 aromatic heterocycles. The molecule has 0 aromatic carbocycles. The van der Waals surface area contributed by atoms with Gasteiger partial charge in [-0.3, -0.25) is 19.4 Å². The van der Waals surface area contributed by atoms with Gasteiger partial charge in [-0.05, 0) is 39.7 Å². The number of pyridine rings is 1. The smallest absolute Gasteiger partial charge is 0.252 e. The molecule has 38 heavy (non-hydrogen) atoms. The first-order chi connectivity index (χ1) is 18.3. The molecule has 12 heteroatoms. The second-order valence-corrected chi connectivity index (χ2v) is 10.0. The van der Waals surface area contributed by atoms with Gasteiger partial charge in [0.15, 0.2) is 11.5 Å². The maximum absolute atomic E-state index is 12.9. The van der Waals surface area contributed by atoms with E-state index in [-0.39, 0.29) is 5.91 Å². The Kier molecular flexibility index (Phi) is 7.23. The molecule has 1 aliphatic rings. The molecule has 5 heterocycles. The lowest BCUT2D eigenvalue weighted by Gasteiger charge is -2.39. The van der Waals surface area contributed by atoms with Gasteiger partial charge in [0.05, 0.1) is 34.2 Å². The second kappa shape index (κ2) is 10.7. The molecule has 1 aliphatic heterocycles. The number of anilines is 4. The highest BCUT2D eigenvalue weighted by Crippen LogP contribution is 2.27. The number of aryl methyl sites for hydroxylation is 3. The van der Waals surface area contributed by atoms with Crippen molar-refractivity contribution in [3.05, 3.63) is 42.1 Å². The summed E-state index contributed by atoms with van der Waals surface area (Å²) in [5.41, 5.74) is 3.41. The molecule has 5 rings (SSSR count). The lowest BCUT2D eigenvalue weighted by atomic mass is 9.98. The molecule has 2 atom stereocenters. The van der Waals surface area contributed by atoms with Crippen LogP contribution in [0.3, 0.4) is 0 Å². The lowest BCUT2D eigenvalue weighted by molar-refractivity contribution is 0.0889. The Bertz CT molecular complexity index is 1430. The molecule has 12 nitrogen and oxygen atoms in total. The number of nitrogens with zero attached hydrogens (tertiary/aromatic N) is 8. The van der Waals surface area contributed by atoms with Gasteiger partial charge in [-0.15, -0.1) is 0 Å². The quantitative estimate of drug-likeness (QED) is 0.322. The number of nitrogens with one attached hydrogen (secondary N) is 3. The van der Waals surface area contributed by atoms with Gasteiger partial charge in [0.2, 0.25) is 5.95 Å². The third-order valence-corrected chi connectivity index (χ3v) is 7.18. The number of likely N-dealkylation sites (tertiary alicyclic amines) is 1. The highest BCUT2D eigenvalue weighted by atomic mass is 16.1. The van der Waals surface area contributed by atoms with Crippen molar-refractivity contribution >= 4 is 40.1 Å². The molecule has 2 unspecified atom stereocenters. The minimum atomic E-state index is -0.141. The monoisotopic (exact) mass is 517 g/mol. The minimum absolute atomic E-state index is 0.141. The molecule has 0 bridgehead atoms. The zero-order valence-corrected chi connectivity index (χ0v) is 22.6. The Morgan fingerprint density at radius 3 is 2.61 bits per heavy atom. The van der Waals surface area contributed by atoms with E-state index in [1.807, 2.05) is 33.3 Å². The van der Waals surface area contributed by atoms with Gasteiger partial charge >= 0.3 is 0 Å². The van der Waals surface area contributed by atoms with Gasteiger partial charge in [-0.25, -0.2) is 9.67 Å². The summed E-state index contributed by atoms with van der Waals surface area (Å²) >= 11 is 0. The number of fused-ring (bicyclic) bond motifs is 1. The van der Waals surface area contributed by atoms with Gasteiger partial charge in [0.25, 0.3) is 5.91 Å². The standard InChI is InChI=1S/C26H35N11O/c1-16-7-6-8-17(2)37(16)10-9-27-25(38)19-11-22(18(3)28-12-19)32-23-21-14-29-26(33-24(21)36(5)34-23)31-20-13-30-35(4)15-20/h11-17H,6-10H2,1-5H3,(H,27,38)(H,32,34)(H,29,31,33). The number of piperidine rings is 1. The fourth-order valence-electron chi connectivity index (χ4n) is 5.03. The normalized spacial score (nSPS) is 18.0. The van der Waals surface area contributed by atoms with Crippen LogP contribution in [0.4, 0.5) is 23.1 Å². The Morgan fingerprint density at radius 2 is 1.87 bits per heavy atom. The minimum Gasteiger partial charge on any atom is -0.351 e. The van der Waals surface area contributed by atoms with E-state index in [0.717, 1.165) is 23.3 Å². The maximum Gasteiger partial charge on any atom is 0.252 e. The largest absolute Gasteiger partial charge is 0.351 e. The maximum atomic E-state index is 12.9. The molecule has 0 radical (unpaired) electrons. The Balaban J connectivity index is 1.28. The van der Waals surface area contributed by atoms with E-state index < -0.39 is 0 Å². The fourth-order valence-corrected chi connectivity index (χ4v) is 5.03. The van der Waals surface area contributed by atoms with Crippen LogP contribution in [0.5, 0.6) is 0 Å². The van der Waals surface area contributed by atoms with Crippen LogP contribution in [0.15, 0.2) is 30.9 Å². The summed E-state index contributed by atoms with van der Waals surface area (Å²) in [5, 5.41) is 19.0. The van der Waals surface area contributed by atoms with Crippen LogP contribution in [-0.4, -0.2) is 70.5 Å². The zero-order valence-electron chi connectivity index (χ0n) is 22.6. The summed E-state index contributed by atoms with van der Waals surface area (Å²) in [7, 11) is 3.67. The van der Waals surface area contributed by atoms with E-state index in [0.29, 0.717) is 47.3 Å². The molecule has 1 fully saturated rings. The predicted molar refractivity (Wildman–Crippen MR) is 147 cm³/mol. The second-order valence-electron chi connectivity index (χ2n) is 10.0. The number of carbonyl (C=O) groups is 1. The highest BCUT2D eigenvalue weighted by molar-refractivity contribution is 5.96. The van der Waals surface area contributed by atoms with Gasteiger partial charge in [-0.2, -0.15) is 15.2 Å². The topological polar surface area (TPSA) is 131 Å². The third kappa shape index (κ3) is 5.44. The first-order valence-electron chi connectivity index (χ1n) is 13.0. The van der Waals surface area contributed by atoms with Crippen LogP contribution in [0.2, 0.25) is 0 Å². The van der Waals surface area contributed by atoms with Crippen molar-refractivity contribution in [2.45, 2.75) is 52.1 Å². The Morgan fingerprint density at radius 1 is 1.08 bits per heavy atom. The van der Waals surface area contributed by atoms with Crippen LogP contribution < -0.4 is 16.0 Å². The highest BCUT2D eigenvalue weighted by Gasteiger charge is 2.24. The molecular formula is C26H35N11O. The predicted octanol–water partition coefficient (Wildman–Crippen LogP) is 3.28. The van der Waals surface area contributed by atoms with Crippen LogP contribution in [0.1, 0.15) is 49.2 Å². The zero-order chi connectivity index (χ0) is 26.8. The summed E-state index contributed by atoms with van der Waals surface area (Å²) in [6, 6.07) is 2.91. The van der Waals surface area contributed by atoms with E-state index >= 15 is 0 Å². The molecular weight excluding hydrogens is 482 g/mol. The van der Waals surface area contributed by atoms with Crippen molar-refractivity contribution in [2.75, 3.05) is 23.7 Å². The van der Waals surface area contributed by atoms with E-state index in [1.165, 1.54) is 19.3 Å². The van der Waals surface area contributed by atoms with Crippen molar-refractivity contribution in [3.8, 4) is 0 Å². The number of hydrogen-bond acceptors (Lipinski definition) is 9. The molecule has 1 amide bonds. The summed E-state index contributed by atoms with van der Waals surface area (Å²) in [5.74, 6) is 0.897. The van der Waals surface area contributed by atoms with E-state index in [9.17, 15) is 4.79 Å². The van der Waals surface area contributed by atoms with Crippen molar-refractivity contribution in [3.63, 3.8) is 0 Å². The number of rotatable bonds is 8. The van der Waals surface area contributed by atoms with Crippen molar-refractivity contribution in [1.82, 2.24) is 44.7 Å². The summed E-state index contributed by atoms with van der Waals surface area (Å²) in [4.78, 5) is 28.9. The van der Waals surface area contributed by atoms with Gasteiger partial charge < -0.3 is 16.0 Å². The Labute approximate surface area is 221 Å². The number of amides is 1. The summed E-state index contributed by atoms with van der Waals surface area (Å²) in [6.07, 6.45) is 10.6. The van der Waals surface area contributed by atoms with Gasteiger partial charge in [0.1, 0.15) is 0 Å². The molecule has 4 aromatic rings. The van der Waals surface area contributed by atoms with Crippen molar-refractivity contribution in [1.29, 1.82) is 0 Å². The molecule has 1 saturated heterocycles. The average Bonchev–Trinajstić information content (AvgIpc) is 3.44. The molecule has 200 valence electrons. The molecule has 3 N–H and O–H groups in total. The Hall–Kier alpha value is -4.06. The fraction of sp³-hybridized carbons (Fsp3) is 0.462. The van der Waals surface area contributed by atoms with Gasteiger partial charge in [-0.1, -0.05) is 6.42 Å². The molecule has 0 saturated carbocycles. The van der Waals surface area contributed by atoms with Crippen LogP contribution >= 0.6 is 0 Å². The third-order valence-electron chi connectivity index (χ3n) is 7.18. The van der Waals surface area contributed by atoms with Crippen molar-refractivity contribution in [2.24, 2.45) is 14.1 Å². The lowest BCUT2D eigenvalue weighted by Crippen LogP contribution is -2.47. The number of carbonyl (C=O) groups excluding carboxylic acids is 1. The first kappa shape index (κ1) is 25.6. The average molecular weight is 518 g/mol. The molecule has 0 spiro atoms. The van der Waals surface area contributed by atoms with Crippen LogP contribution in [0.25, 0.3) is 11.0 Å². The van der Waals surface area contributed by atoms with E-state index in [1.54, 1.807) is 28.0 Å². The summed E-state index contributed by atoms with van der Waals surface area (Å²) < 4.78 is 3.39. The van der Waals surface area contributed by atoms with E-state index in [2.05, 4.69) is 59.8 Å². The van der Waals surface area contributed by atoms with E-state index in [4.69, 9.17) is 0 Å². The van der Waals surface area contributed by atoms with Gasteiger partial charge in [0, 0.05) is 57.9 Å². The number of hydrogen-bond donors (Lipinski definition) is 3. The SMILES string of the molecule is Cc1ncc(C(=O)NCCN2C(C)CCCC2C)cc1Nc1nn(C)c2nc(Nc3cnn(C)c3)ncc12. The summed E-state index contributed by atoms with van der Waals surface area (Å²) in [6.45, 7) is 7.87. The number of aromatic nitrogens is 7.